The van der Waals surface area contributed by atoms with Crippen LogP contribution in [0, 0.1) is 5.92 Å². The summed E-state index contributed by atoms with van der Waals surface area (Å²) in [6.45, 7) is 3.68. The Bertz CT molecular complexity index is 1140. The molecule has 4 nitrogen and oxygen atoms in total. The Kier molecular flexibility index (Phi) is 7.12. The average Bonchev–Trinajstić information content (AvgIpc) is 3.19. The zero-order chi connectivity index (χ0) is 26.1. The summed E-state index contributed by atoms with van der Waals surface area (Å²) in [6.07, 6.45) is -4.53. The highest BCUT2D eigenvalue weighted by Crippen LogP contribution is 2.54. The monoisotopic (exact) mass is 515 g/mol. The molecule has 1 aliphatic rings. The molecule has 1 heterocycles. The van der Waals surface area contributed by atoms with E-state index in [0.29, 0.717) is 11.1 Å². The van der Waals surface area contributed by atoms with Crippen molar-refractivity contribution in [2.24, 2.45) is 5.92 Å². The molecule has 8 heteroatoms. The van der Waals surface area contributed by atoms with Gasteiger partial charge in [0.05, 0.1) is 6.04 Å². The van der Waals surface area contributed by atoms with Crippen LogP contribution in [0.4, 0.5) is 18.0 Å². The van der Waals surface area contributed by atoms with Gasteiger partial charge in [-0.05, 0) is 17.7 Å². The predicted molar refractivity (Wildman–Crippen MR) is 134 cm³/mol. The molecule has 3 aromatic carbocycles. The Morgan fingerprint density at radius 1 is 0.889 bits per heavy atom. The Balaban J connectivity index is 1.98. The molecule has 0 aliphatic carbocycles. The molecule has 0 unspecified atom stereocenters. The minimum absolute atomic E-state index is 0.334. The lowest BCUT2D eigenvalue weighted by Crippen LogP contribution is -2.61. The highest BCUT2D eigenvalue weighted by molar-refractivity contribution is 7.99. The van der Waals surface area contributed by atoms with Crippen molar-refractivity contribution in [3.05, 3.63) is 108 Å². The minimum atomic E-state index is -5.07. The molecule has 190 valence electrons. The summed E-state index contributed by atoms with van der Waals surface area (Å²) in [5, 5.41) is 9.76. The molecule has 1 N–H and O–H groups in total. The number of alkyl halides is 3. The molecule has 1 amide bonds. The third-order valence-corrected chi connectivity index (χ3v) is 7.71. The molecule has 1 aliphatic heterocycles. The van der Waals surface area contributed by atoms with Gasteiger partial charge < -0.3 is 9.84 Å². The number of halogens is 3. The van der Waals surface area contributed by atoms with Crippen molar-refractivity contribution >= 4 is 17.9 Å². The van der Waals surface area contributed by atoms with E-state index in [-0.39, 0.29) is 11.5 Å². The van der Waals surface area contributed by atoms with Gasteiger partial charge in [0.15, 0.2) is 5.60 Å². The first-order valence-corrected chi connectivity index (χ1v) is 12.9. The van der Waals surface area contributed by atoms with Crippen molar-refractivity contribution in [1.82, 2.24) is 4.90 Å². The number of benzene rings is 3. The van der Waals surface area contributed by atoms with Crippen molar-refractivity contribution in [3.8, 4) is 0 Å². The van der Waals surface area contributed by atoms with Gasteiger partial charge in [-0.15, -0.1) is 11.8 Å². The molecule has 36 heavy (non-hydrogen) atoms. The summed E-state index contributed by atoms with van der Waals surface area (Å²) >= 11 is 0.767. The molecule has 3 atom stereocenters. The molecule has 0 radical (unpaired) electrons. The Labute approximate surface area is 213 Å². The molecule has 0 saturated carbocycles. The third kappa shape index (κ3) is 4.06. The lowest BCUT2D eigenvalue weighted by molar-refractivity contribution is -0.276. The highest BCUT2D eigenvalue weighted by atomic mass is 32.2. The lowest BCUT2D eigenvalue weighted by Gasteiger charge is -2.45. The number of cyclic esters (lactones) is 1. The van der Waals surface area contributed by atoms with E-state index in [1.807, 2.05) is 26.0 Å². The van der Waals surface area contributed by atoms with Crippen LogP contribution in [0.2, 0.25) is 0 Å². The fraction of sp³-hybridized carbons (Fsp3) is 0.321. The summed E-state index contributed by atoms with van der Waals surface area (Å²) in [4.78, 5) is 14.8. The van der Waals surface area contributed by atoms with E-state index in [1.54, 1.807) is 54.6 Å². The zero-order valence-electron chi connectivity index (χ0n) is 20.1. The fourth-order valence-corrected chi connectivity index (χ4v) is 6.27. The average molecular weight is 516 g/mol. The van der Waals surface area contributed by atoms with Gasteiger partial charge in [0.25, 0.3) is 0 Å². The van der Waals surface area contributed by atoms with Crippen LogP contribution in [0.3, 0.4) is 0 Å². The van der Waals surface area contributed by atoms with Crippen LogP contribution in [0.5, 0.6) is 0 Å². The van der Waals surface area contributed by atoms with E-state index in [4.69, 9.17) is 4.74 Å². The number of nitrogens with zero attached hydrogens (tertiary/aromatic N) is 1. The van der Waals surface area contributed by atoms with Crippen molar-refractivity contribution in [3.63, 3.8) is 0 Å². The van der Waals surface area contributed by atoms with Gasteiger partial charge in [0.2, 0.25) is 5.60 Å². The van der Waals surface area contributed by atoms with Gasteiger partial charge in [-0.2, -0.15) is 13.2 Å². The first kappa shape index (κ1) is 26.1. The summed E-state index contributed by atoms with van der Waals surface area (Å²) in [7, 11) is 0. The van der Waals surface area contributed by atoms with Crippen LogP contribution in [0.25, 0.3) is 0 Å². The standard InChI is InChI=1S/C28H28F3NO3S/c1-19(2)23-26(20-13-7-4-8-14-20,21-15-9-5-10-16-21)35-25(33)32(23)24(36-3)27(34,28(29,30)31)22-17-11-6-12-18-22/h4-19,23-24,34H,1-3H3/t23-,24-,27-/m0/s1. The molecule has 0 aromatic heterocycles. The summed E-state index contributed by atoms with van der Waals surface area (Å²) in [5.74, 6) is -0.334. The van der Waals surface area contributed by atoms with E-state index in [9.17, 15) is 23.1 Å². The SMILES string of the molecule is CS[C@H](N1C(=O)OC(c2ccccc2)(c2ccccc2)[C@@H]1C(C)C)[C@@](O)(c1ccccc1)C(F)(F)F. The van der Waals surface area contributed by atoms with Crippen LogP contribution < -0.4 is 0 Å². The van der Waals surface area contributed by atoms with E-state index in [2.05, 4.69) is 0 Å². The first-order chi connectivity index (χ1) is 17.1. The van der Waals surface area contributed by atoms with Crippen molar-refractivity contribution in [2.75, 3.05) is 6.26 Å². The topological polar surface area (TPSA) is 49.8 Å². The Morgan fingerprint density at radius 3 is 1.72 bits per heavy atom. The lowest BCUT2D eigenvalue weighted by atomic mass is 9.75. The fourth-order valence-electron chi connectivity index (χ4n) is 5.21. The molecule has 0 spiro atoms. The van der Waals surface area contributed by atoms with Crippen LogP contribution in [-0.4, -0.2) is 39.9 Å². The maximum Gasteiger partial charge on any atom is 0.424 e. The smallest absolute Gasteiger partial charge is 0.424 e. The third-order valence-electron chi connectivity index (χ3n) is 6.69. The molecule has 4 rings (SSSR count). The largest absolute Gasteiger partial charge is 0.431 e. The number of hydrogen-bond donors (Lipinski definition) is 1. The highest BCUT2D eigenvalue weighted by Gasteiger charge is 2.67. The van der Waals surface area contributed by atoms with Crippen molar-refractivity contribution in [2.45, 2.75) is 42.6 Å². The van der Waals surface area contributed by atoms with Crippen LogP contribution >= 0.6 is 11.8 Å². The van der Waals surface area contributed by atoms with Gasteiger partial charge in [0.1, 0.15) is 5.37 Å². The van der Waals surface area contributed by atoms with Gasteiger partial charge >= 0.3 is 12.3 Å². The normalized spacial score (nSPS) is 20.2. The number of thioether (sulfide) groups is 1. The van der Waals surface area contributed by atoms with Gasteiger partial charge in [-0.3, -0.25) is 4.90 Å². The summed E-state index contributed by atoms with van der Waals surface area (Å²) in [6, 6.07) is 24.1. The molecular weight excluding hydrogens is 487 g/mol. The van der Waals surface area contributed by atoms with E-state index >= 15 is 0 Å². The number of carbonyl (C=O) groups is 1. The number of ether oxygens (including phenoxy) is 1. The molecular formula is C28H28F3NO3S. The first-order valence-electron chi connectivity index (χ1n) is 11.6. The number of hydrogen-bond acceptors (Lipinski definition) is 4. The Hall–Kier alpha value is -2.97. The molecule has 1 fully saturated rings. The summed E-state index contributed by atoms with van der Waals surface area (Å²) in [5.41, 5.74) is -3.79. The maximum atomic E-state index is 14.7. The van der Waals surface area contributed by atoms with E-state index < -0.39 is 34.9 Å². The van der Waals surface area contributed by atoms with E-state index in [1.165, 1.54) is 30.5 Å². The molecule has 3 aromatic rings. The summed E-state index contributed by atoms with van der Waals surface area (Å²) < 4.78 is 50.3. The number of aliphatic hydroxyl groups is 1. The van der Waals surface area contributed by atoms with Gasteiger partial charge in [0, 0.05) is 11.1 Å². The van der Waals surface area contributed by atoms with Gasteiger partial charge in [-0.25, -0.2) is 4.79 Å². The minimum Gasteiger partial charge on any atom is -0.431 e. The van der Waals surface area contributed by atoms with Crippen molar-refractivity contribution in [1.29, 1.82) is 0 Å². The van der Waals surface area contributed by atoms with Gasteiger partial charge in [-0.1, -0.05) is 105 Å². The van der Waals surface area contributed by atoms with Crippen LogP contribution in [0.1, 0.15) is 30.5 Å². The number of amides is 1. The van der Waals surface area contributed by atoms with Crippen molar-refractivity contribution < 1.29 is 27.8 Å². The molecule has 0 bridgehead atoms. The maximum absolute atomic E-state index is 14.7. The predicted octanol–water partition coefficient (Wildman–Crippen LogP) is 6.55. The van der Waals surface area contributed by atoms with E-state index in [0.717, 1.165) is 16.7 Å². The zero-order valence-corrected chi connectivity index (χ0v) is 21.0. The quantitative estimate of drug-likeness (QED) is 0.388. The second-order valence-electron chi connectivity index (χ2n) is 9.15. The number of rotatable bonds is 7. The second kappa shape index (κ2) is 9.82. The number of carbonyl (C=O) groups excluding carboxylic acids is 1. The molecule has 1 saturated heterocycles. The van der Waals surface area contributed by atoms with Crippen LogP contribution in [-0.2, 0) is 15.9 Å². The Morgan fingerprint density at radius 2 is 1.33 bits per heavy atom. The van der Waals surface area contributed by atoms with Crippen LogP contribution in [0.15, 0.2) is 91.0 Å². The second-order valence-corrected chi connectivity index (χ2v) is 10.1.